The summed E-state index contributed by atoms with van der Waals surface area (Å²) in [6.07, 6.45) is 0. The molecule has 0 radical (unpaired) electrons. The highest BCUT2D eigenvalue weighted by molar-refractivity contribution is 6.43. The Morgan fingerprint density at radius 3 is 2.07 bits per heavy atom. The second-order valence-corrected chi connectivity index (χ2v) is 6.12. The van der Waals surface area contributed by atoms with Crippen molar-refractivity contribution >= 4 is 40.3 Å². The van der Waals surface area contributed by atoms with Gasteiger partial charge in [0.25, 0.3) is 5.69 Å². The largest absolute Gasteiger partial charge is 0.495 e. The van der Waals surface area contributed by atoms with Gasteiger partial charge >= 0.3 is 11.8 Å². The number of nitrogens with one attached hydrogen (secondary N) is 3. The van der Waals surface area contributed by atoms with Gasteiger partial charge in [-0.15, -0.1) is 0 Å². The minimum Gasteiger partial charge on any atom is -0.495 e. The Labute approximate surface area is 171 Å². The molecule has 3 rings (SSSR count). The van der Waals surface area contributed by atoms with E-state index in [1.807, 2.05) is 30.3 Å². The zero-order valence-electron chi connectivity index (χ0n) is 15.9. The van der Waals surface area contributed by atoms with Crippen LogP contribution in [0.3, 0.4) is 0 Å². The van der Waals surface area contributed by atoms with Gasteiger partial charge in [-0.1, -0.05) is 18.2 Å². The summed E-state index contributed by atoms with van der Waals surface area (Å²) in [5.41, 5.74) is 1.92. The van der Waals surface area contributed by atoms with Crippen LogP contribution in [0.2, 0.25) is 0 Å². The lowest BCUT2D eigenvalue weighted by atomic mass is 10.2. The third kappa shape index (κ3) is 5.10. The average Bonchev–Trinajstić information content (AvgIpc) is 2.75. The van der Waals surface area contributed by atoms with E-state index in [2.05, 4.69) is 16.0 Å². The molecule has 0 aliphatic carbocycles. The predicted octanol–water partition coefficient (Wildman–Crippen LogP) is 3.92. The van der Waals surface area contributed by atoms with Crippen LogP contribution < -0.4 is 20.7 Å². The number of carbonyl (C=O) groups is 2. The summed E-state index contributed by atoms with van der Waals surface area (Å²) < 4.78 is 5.06. The summed E-state index contributed by atoms with van der Waals surface area (Å²) >= 11 is 0. The maximum atomic E-state index is 12.2. The van der Waals surface area contributed by atoms with Gasteiger partial charge in [0.2, 0.25) is 0 Å². The Morgan fingerprint density at radius 1 is 0.833 bits per heavy atom. The maximum Gasteiger partial charge on any atom is 0.314 e. The highest BCUT2D eigenvalue weighted by Gasteiger charge is 2.18. The lowest BCUT2D eigenvalue weighted by Crippen LogP contribution is -2.29. The number of ether oxygens (including phenoxy) is 1. The predicted molar refractivity (Wildman–Crippen MR) is 113 cm³/mol. The van der Waals surface area contributed by atoms with E-state index in [9.17, 15) is 19.7 Å². The Morgan fingerprint density at radius 2 is 1.43 bits per heavy atom. The second-order valence-electron chi connectivity index (χ2n) is 6.12. The van der Waals surface area contributed by atoms with E-state index in [0.717, 1.165) is 17.4 Å². The molecule has 3 aromatic rings. The normalized spacial score (nSPS) is 10.0. The fourth-order valence-electron chi connectivity index (χ4n) is 2.60. The van der Waals surface area contributed by atoms with E-state index < -0.39 is 16.7 Å². The molecule has 0 saturated heterocycles. The van der Waals surface area contributed by atoms with Gasteiger partial charge in [-0.3, -0.25) is 19.7 Å². The number of benzene rings is 3. The first-order valence-electron chi connectivity index (χ1n) is 8.83. The van der Waals surface area contributed by atoms with Crippen molar-refractivity contribution in [3.8, 4) is 5.75 Å². The lowest BCUT2D eigenvalue weighted by Gasteiger charge is -2.11. The molecule has 0 heterocycles. The van der Waals surface area contributed by atoms with Crippen LogP contribution in [0.15, 0.2) is 72.8 Å². The van der Waals surface area contributed by atoms with Gasteiger partial charge in [-0.05, 0) is 42.5 Å². The zero-order chi connectivity index (χ0) is 21.5. The molecule has 3 N–H and O–H groups in total. The number of hydrogen-bond donors (Lipinski definition) is 3. The highest BCUT2D eigenvalue weighted by Crippen LogP contribution is 2.28. The summed E-state index contributed by atoms with van der Waals surface area (Å²) in [5, 5.41) is 18.9. The van der Waals surface area contributed by atoms with E-state index in [4.69, 9.17) is 4.74 Å². The number of nitrogens with zero attached hydrogens (tertiary/aromatic N) is 1. The van der Waals surface area contributed by atoms with Crippen molar-refractivity contribution in [1.29, 1.82) is 0 Å². The molecule has 9 heteroatoms. The van der Waals surface area contributed by atoms with Crippen LogP contribution in [0.4, 0.5) is 28.4 Å². The topological polar surface area (TPSA) is 123 Å². The SMILES string of the molecule is COc1ccc([N+](=O)[O-])cc1NC(=O)C(=O)Nc1ccc(Nc2ccccc2)cc1. The third-order valence-corrected chi connectivity index (χ3v) is 4.05. The molecule has 0 aromatic heterocycles. The monoisotopic (exact) mass is 406 g/mol. The van der Waals surface area contributed by atoms with E-state index in [0.29, 0.717) is 5.69 Å². The average molecular weight is 406 g/mol. The van der Waals surface area contributed by atoms with Crippen LogP contribution in [0.1, 0.15) is 0 Å². The Balaban J connectivity index is 1.64. The van der Waals surface area contributed by atoms with E-state index in [1.165, 1.54) is 19.2 Å². The van der Waals surface area contributed by atoms with E-state index in [-0.39, 0.29) is 17.1 Å². The number of hydrogen-bond acceptors (Lipinski definition) is 6. The minimum absolute atomic E-state index is 0.0225. The van der Waals surface area contributed by atoms with Crippen LogP contribution in [-0.4, -0.2) is 23.8 Å². The summed E-state index contributed by atoms with van der Waals surface area (Å²) in [6, 6.07) is 20.1. The molecule has 0 aliphatic rings. The van der Waals surface area contributed by atoms with Crippen molar-refractivity contribution in [3.05, 3.63) is 82.9 Å². The summed E-state index contributed by atoms with van der Waals surface area (Å²) in [6.45, 7) is 0. The first-order valence-corrected chi connectivity index (χ1v) is 8.83. The number of methoxy groups -OCH3 is 1. The van der Waals surface area contributed by atoms with Gasteiger partial charge in [0, 0.05) is 29.2 Å². The molecular formula is C21H18N4O5. The number of non-ortho nitro benzene ring substituents is 1. The quantitative estimate of drug-likeness (QED) is 0.324. The fourth-order valence-corrected chi connectivity index (χ4v) is 2.60. The maximum absolute atomic E-state index is 12.2. The van der Waals surface area contributed by atoms with Crippen LogP contribution in [0, 0.1) is 10.1 Å². The third-order valence-electron chi connectivity index (χ3n) is 4.05. The molecule has 30 heavy (non-hydrogen) atoms. The Bertz CT molecular complexity index is 1070. The van der Waals surface area contributed by atoms with Gasteiger partial charge in [-0.25, -0.2) is 0 Å². The molecule has 0 bridgehead atoms. The van der Waals surface area contributed by atoms with Gasteiger partial charge < -0.3 is 20.7 Å². The zero-order valence-corrected chi connectivity index (χ0v) is 15.9. The van der Waals surface area contributed by atoms with Crippen LogP contribution in [0.25, 0.3) is 0 Å². The smallest absolute Gasteiger partial charge is 0.314 e. The number of rotatable bonds is 6. The Kier molecular flexibility index (Phi) is 6.23. The van der Waals surface area contributed by atoms with Crippen molar-refractivity contribution in [1.82, 2.24) is 0 Å². The fraction of sp³-hybridized carbons (Fsp3) is 0.0476. The number of para-hydroxylation sites is 1. The molecule has 0 atom stereocenters. The lowest BCUT2D eigenvalue weighted by molar-refractivity contribution is -0.384. The van der Waals surface area contributed by atoms with Crippen LogP contribution in [-0.2, 0) is 9.59 Å². The van der Waals surface area contributed by atoms with Gasteiger partial charge in [0.1, 0.15) is 5.75 Å². The molecule has 0 saturated carbocycles. The minimum atomic E-state index is -0.986. The molecule has 0 fully saturated rings. The molecular weight excluding hydrogens is 388 g/mol. The van der Waals surface area contributed by atoms with Crippen molar-refractivity contribution < 1.29 is 19.2 Å². The molecule has 9 nitrogen and oxygen atoms in total. The van der Waals surface area contributed by atoms with Crippen LogP contribution >= 0.6 is 0 Å². The number of anilines is 4. The van der Waals surface area contributed by atoms with E-state index in [1.54, 1.807) is 24.3 Å². The highest BCUT2D eigenvalue weighted by atomic mass is 16.6. The van der Waals surface area contributed by atoms with Gasteiger partial charge in [0.15, 0.2) is 0 Å². The summed E-state index contributed by atoms with van der Waals surface area (Å²) in [7, 11) is 1.35. The summed E-state index contributed by atoms with van der Waals surface area (Å²) in [5.74, 6) is -1.72. The molecule has 152 valence electrons. The molecule has 0 spiro atoms. The van der Waals surface area contributed by atoms with E-state index >= 15 is 0 Å². The number of nitro groups is 1. The molecule has 0 unspecified atom stereocenters. The Hall–Kier alpha value is -4.40. The molecule has 2 amide bonds. The number of amides is 2. The van der Waals surface area contributed by atoms with Crippen molar-refractivity contribution in [2.75, 3.05) is 23.1 Å². The number of carbonyl (C=O) groups excluding carboxylic acids is 2. The second kappa shape index (κ2) is 9.20. The number of nitro benzene ring substituents is 1. The van der Waals surface area contributed by atoms with Gasteiger partial charge in [-0.2, -0.15) is 0 Å². The van der Waals surface area contributed by atoms with Gasteiger partial charge in [0.05, 0.1) is 17.7 Å². The van der Waals surface area contributed by atoms with Crippen molar-refractivity contribution in [2.45, 2.75) is 0 Å². The first kappa shape index (κ1) is 20.3. The van der Waals surface area contributed by atoms with Crippen molar-refractivity contribution in [2.24, 2.45) is 0 Å². The van der Waals surface area contributed by atoms with Crippen molar-refractivity contribution in [3.63, 3.8) is 0 Å². The molecule has 3 aromatic carbocycles. The summed E-state index contributed by atoms with van der Waals surface area (Å²) in [4.78, 5) is 34.7. The standard InChI is InChI=1S/C21H18N4O5/c1-30-19-12-11-17(25(28)29)13-18(19)24-21(27)20(26)23-16-9-7-15(8-10-16)22-14-5-3-2-4-6-14/h2-13,22H,1H3,(H,23,26)(H,24,27). The van der Waals surface area contributed by atoms with Crippen LogP contribution in [0.5, 0.6) is 5.75 Å². The molecule has 0 aliphatic heterocycles. The first-order chi connectivity index (χ1) is 14.5.